The van der Waals surface area contributed by atoms with E-state index in [1.54, 1.807) is 12.1 Å². The van der Waals surface area contributed by atoms with Crippen LogP contribution in [0.5, 0.6) is 5.75 Å². The third kappa shape index (κ3) is 1.87. The van der Waals surface area contributed by atoms with E-state index in [9.17, 15) is 9.18 Å². The van der Waals surface area contributed by atoms with Crippen LogP contribution in [0.4, 0.5) is 10.1 Å². The van der Waals surface area contributed by atoms with E-state index >= 15 is 0 Å². The number of benzene rings is 1. The molecule has 1 aromatic carbocycles. The number of nitrogens with zero attached hydrogens (tertiary/aromatic N) is 1. The van der Waals surface area contributed by atoms with E-state index in [0.29, 0.717) is 18.7 Å². The number of amides is 1. The molecule has 1 aliphatic rings. The highest BCUT2D eigenvalue weighted by atomic mass is 32.1. The number of anilines is 1. The molecule has 16 heavy (non-hydrogen) atoms. The Bertz CT molecular complexity index is 424. The Morgan fingerprint density at radius 2 is 2.31 bits per heavy atom. The lowest BCUT2D eigenvalue weighted by Gasteiger charge is -2.19. The standard InChI is InChI=1S/C11H12FNO2S/c1-15-9-4-2-3-8(12)11(9)13-6-7(16)5-10(13)14/h2-4,7,16H,5-6H2,1H3. The molecule has 1 aliphatic heterocycles. The number of rotatable bonds is 2. The van der Waals surface area contributed by atoms with E-state index in [0.717, 1.165) is 0 Å². The third-order valence-electron chi connectivity index (χ3n) is 2.54. The predicted molar refractivity (Wildman–Crippen MR) is 62.7 cm³/mol. The van der Waals surface area contributed by atoms with Crippen LogP contribution in [0.3, 0.4) is 0 Å². The quantitative estimate of drug-likeness (QED) is 0.801. The van der Waals surface area contributed by atoms with Crippen molar-refractivity contribution in [2.24, 2.45) is 0 Å². The molecular weight excluding hydrogens is 229 g/mol. The summed E-state index contributed by atoms with van der Waals surface area (Å²) in [4.78, 5) is 13.1. The maximum absolute atomic E-state index is 13.7. The maximum atomic E-state index is 13.7. The summed E-state index contributed by atoms with van der Waals surface area (Å²) in [6, 6.07) is 4.50. The fraction of sp³-hybridized carbons (Fsp3) is 0.364. The zero-order valence-corrected chi connectivity index (χ0v) is 9.71. The van der Waals surface area contributed by atoms with Crippen LogP contribution in [0.2, 0.25) is 0 Å². The molecule has 1 aromatic rings. The molecule has 1 heterocycles. The van der Waals surface area contributed by atoms with Crippen molar-refractivity contribution in [3.8, 4) is 5.75 Å². The van der Waals surface area contributed by atoms with Crippen molar-refractivity contribution < 1.29 is 13.9 Å². The first kappa shape index (κ1) is 11.3. The molecule has 0 aromatic heterocycles. The van der Waals surface area contributed by atoms with Crippen LogP contribution in [-0.2, 0) is 4.79 Å². The van der Waals surface area contributed by atoms with Gasteiger partial charge in [-0.3, -0.25) is 4.79 Å². The molecule has 0 saturated carbocycles. The van der Waals surface area contributed by atoms with Crippen LogP contribution < -0.4 is 9.64 Å². The van der Waals surface area contributed by atoms with Crippen LogP contribution >= 0.6 is 12.6 Å². The first-order chi connectivity index (χ1) is 7.63. The molecule has 0 bridgehead atoms. The lowest BCUT2D eigenvalue weighted by atomic mass is 10.2. The number of carbonyl (C=O) groups is 1. The highest BCUT2D eigenvalue weighted by Crippen LogP contribution is 2.34. The predicted octanol–water partition coefficient (Wildman–Crippen LogP) is 1.87. The van der Waals surface area contributed by atoms with E-state index in [1.165, 1.54) is 18.1 Å². The zero-order valence-electron chi connectivity index (χ0n) is 8.81. The first-order valence-electron chi connectivity index (χ1n) is 4.94. The summed E-state index contributed by atoms with van der Waals surface area (Å²) in [5, 5.41) is -0.0446. The SMILES string of the molecule is COc1cccc(F)c1N1CC(S)CC1=O. The van der Waals surface area contributed by atoms with Crippen molar-refractivity contribution in [3.05, 3.63) is 24.0 Å². The molecule has 0 aliphatic carbocycles. The average molecular weight is 241 g/mol. The van der Waals surface area contributed by atoms with Crippen LogP contribution in [0, 0.1) is 5.82 Å². The maximum Gasteiger partial charge on any atom is 0.228 e. The van der Waals surface area contributed by atoms with Crippen LogP contribution in [0.25, 0.3) is 0 Å². The van der Waals surface area contributed by atoms with Crippen LogP contribution in [0.1, 0.15) is 6.42 Å². The number of ether oxygens (including phenoxy) is 1. The van der Waals surface area contributed by atoms with Gasteiger partial charge in [-0.05, 0) is 12.1 Å². The van der Waals surface area contributed by atoms with Gasteiger partial charge in [0, 0.05) is 18.2 Å². The average Bonchev–Trinajstić information content (AvgIpc) is 2.57. The number of hydrogen-bond donors (Lipinski definition) is 1. The molecule has 0 spiro atoms. The molecule has 86 valence electrons. The number of thiol groups is 1. The summed E-state index contributed by atoms with van der Waals surface area (Å²) in [7, 11) is 1.46. The molecule has 1 unspecified atom stereocenters. The monoisotopic (exact) mass is 241 g/mol. The van der Waals surface area contributed by atoms with Crippen molar-refractivity contribution in [2.45, 2.75) is 11.7 Å². The molecule has 1 saturated heterocycles. The van der Waals surface area contributed by atoms with Gasteiger partial charge >= 0.3 is 0 Å². The summed E-state index contributed by atoms with van der Waals surface area (Å²) >= 11 is 4.23. The number of methoxy groups -OCH3 is 1. The lowest BCUT2D eigenvalue weighted by Crippen LogP contribution is -2.26. The Hall–Kier alpha value is -1.23. The lowest BCUT2D eigenvalue weighted by molar-refractivity contribution is -0.117. The minimum Gasteiger partial charge on any atom is -0.494 e. The molecular formula is C11H12FNO2S. The van der Waals surface area contributed by atoms with Gasteiger partial charge in [0.15, 0.2) is 5.82 Å². The van der Waals surface area contributed by atoms with E-state index in [1.807, 2.05) is 0 Å². The van der Waals surface area contributed by atoms with Gasteiger partial charge in [-0.1, -0.05) is 6.07 Å². The second-order valence-electron chi connectivity index (χ2n) is 3.65. The fourth-order valence-electron chi connectivity index (χ4n) is 1.83. The Morgan fingerprint density at radius 3 is 2.88 bits per heavy atom. The van der Waals surface area contributed by atoms with Crippen LogP contribution in [-0.4, -0.2) is 24.8 Å². The minimum absolute atomic E-state index is 0.0446. The number of halogens is 1. The summed E-state index contributed by atoms with van der Waals surface area (Å²) in [5.74, 6) is -0.200. The van der Waals surface area contributed by atoms with Gasteiger partial charge in [-0.2, -0.15) is 12.6 Å². The van der Waals surface area contributed by atoms with E-state index < -0.39 is 5.82 Å². The largest absolute Gasteiger partial charge is 0.494 e. The highest BCUT2D eigenvalue weighted by molar-refractivity contribution is 7.81. The minimum atomic E-state index is -0.449. The first-order valence-corrected chi connectivity index (χ1v) is 5.46. The molecule has 1 amide bonds. The highest BCUT2D eigenvalue weighted by Gasteiger charge is 2.31. The summed E-state index contributed by atoms with van der Waals surface area (Å²) in [6.45, 7) is 0.416. The van der Waals surface area contributed by atoms with Crippen molar-refractivity contribution in [2.75, 3.05) is 18.6 Å². The second kappa shape index (κ2) is 4.33. The normalized spacial score (nSPS) is 20.3. The van der Waals surface area contributed by atoms with Gasteiger partial charge < -0.3 is 9.64 Å². The molecule has 1 fully saturated rings. The Kier molecular flexibility index (Phi) is 3.05. The Morgan fingerprint density at radius 1 is 1.56 bits per heavy atom. The van der Waals surface area contributed by atoms with E-state index in [2.05, 4.69) is 12.6 Å². The number of hydrogen-bond acceptors (Lipinski definition) is 3. The number of carbonyl (C=O) groups excluding carboxylic acids is 1. The van der Waals surface area contributed by atoms with E-state index in [-0.39, 0.29) is 16.8 Å². The fourth-order valence-corrected chi connectivity index (χ4v) is 2.15. The Balaban J connectivity index is 2.43. The van der Waals surface area contributed by atoms with Gasteiger partial charge in [-0.25, -0.2) is 4.39 Å². The third-order valence-corrected chi connectivity index (χ3v) is 2.89. The van der Waals surface area contributed by atoms with Crippen LogP contribution in [0.15, 0.2) is 18.2 Å². The van der Waals surface area contributed by atoms with Crippen molar-refractivity contribution in [1.29, 1.82) is 0 Å². The molecule has 0 N–H and O–H groups in total. The van der Waals surface area contributed by atoms with Crippen molar-refractivity contribution >= 4 is 24.2 Å². The molecule has 1 atom stereocenters. The summed E-state index contributed by atoms with van der Waals surface area (Å²) in [5.41, 5.74) is 0.214. The van der Waals surface area contributed by atoms with Gasteiger partial charge in [0.25, 0.3) is 0 Å². The molecule has 3 nitrogen and oxygen atoms in total. The molecule has 0 radical (unpaired) electrons. The smallest absolute Gasteiger partial charge is 0.228 e. The van der Waals surface area contributed by atoms with Gasteiger partial charge in [0.05, 0.1) is 7.11 Å². The van der Waals surface area contributed by atoms with Crippen molar-refractivity contribution in [3.63, 3.8) is 0 Å². The van der Waals surface area contributed by atoms with Crippen molar-refractivity contribution in [1.82, 2.24) is 0 Å². The zero-order chi connectivity index (χ0) is 11.7. The number of para-hydroxylation sites is 1. The molecule has 2 rings (SSSR count). The van der Waals surface area contributed by atoms with Gasteiger partial charge in [-0.15, -0.1) is 0 Å². The molecule has 5 heteroatoms. The topological polar surface area (TPSA) is 29.5 Å². The Labute approximate surface area is 98.6 Å². The summed E-state index contributed by atoms with van der Waals surface area (Å²) in [6.07, 6.45) is 0.334. The van der Waals surface area contributed by atoms with E-state index in [4.69, 9.17) is 4.74 Å². The van der Waals surface area contributed by atoms with Gasteiger partial charge in [0.1, 0.15) is 11.4 Å². The van der Waals surface area contributed by atoms with Gasteiger partial charge in [0.2, 0.25) is 5.91 Å². The second-order valence-corrected chi connectivity index (χ2v) is 4.38. The summed E-state index contributed by atoms with van der Waals surface area (Å²) < 4.78 is 18.8.